The van der Waals surface area contributed by atoms with E-state index in [1.807, 2.05) is 0 Å². The third-order valence-electron chi connectivity index (χ3n) is 2.76. The second kappa shape index (κ2) is 5.81. The quantitative estimate of drug-likeness (QED) is 0.660. The highest BCUT2D eigenvalue weighted by Gasteiger charge is 2.15. The van der Waals surface area contributed by atoms with Crippen LogP contribution in [0.25, 0.3) is 0 Å². The molecule has 0 aliphatic rings. The standard InChI is InChI=1S/C13H12F3N3/c14-10-1-2-12(16)8(3-10)5-13(19-17)9-4-11(15)7-18-6-9/h1-4,6-7,13,19H,5,17H2. The minimum absolute atomic E-state index is 0.0885. The Kier molecular flexibility index (Phi) is 4.13. The smallest absolute Gasteiger partial charge is 0.141 e. The second-order valence-corrected chi connectivity index (χ2v) is 4.10. The second-order valence-electron chi connectivity index (χ2n) is 4.10. The molecule has 1 unspecified atom stereocenters. The van der Waals surface area contributed by atoms with Gasteiger partial charge in [-0.15, -0.1) is 0 Å². The van der Waals surface area contributed by atoms with Crippen LogP contribution in [0.15, 0.2) is 36.7 Å². The molecule has 3 nitrogen and oxygen atoms in total. The van der Waals surface area contributed by atoms with Crippen LogP contribution in [0, 0.1) is 17.5 Å². The lowest BCUT2D eigenvalue weighted by molar-refractivity contribution is 0.517. The Hall–Kier alpha value is -1.92. The molecule has 1 aromatic carbocycles. The number of nitrogens with zero attached hydrogens (tertiary/aromatic N) is 1. The molecule has 3 N–H and O–H groups in total. The van der Waals surface area contributed by atoms with Crippen LogP contribution in [-0.2, 0) is 6.42 Å². The SMILES string of the molecule is NNC(Cc1cc(F)ccc1F)c1cncc(F)c1. The number of aromatic nitrogens is 1. The number of hydrogen-bond donors (Lipinski definition) is 2. The highest BCUT2D eigenvalue weighted by atomic mass is 19.1. The molecule has 2 rings (SSSR count). The van der Waals surface area contributed by atoms with Crippen molar-refractivity contribution >= 4 is 0 Å². The van der Waals surface area contributed by atoms with Gasteiger partial charge in [0.2, 0.25) is 0 Å². The molecule has 0 saturated heterocycles. The topological polar surface area (TPSA) is 50.9 Å². The van der Waals surface area contributed by atoms with Gasteiger partial charge in [0.15, 0.2) is 0 Å². The molecule has 19 heavy (non-hydrogen) atoms. The predicted molar refractivity (Wildman–Crippen MR) is 64.3 cm³/mol. The average molecular weight is 267 g/mol. The van der Waals surface area contributed by atoms with Crippen molar-refractivity contribution < 1.29 is 13.2 Å². The first-order chi connectivity index (χ1) is 9.10. The van der Waals surface area contributed by atoms with Crippen LogP contribution in [0.1, 0.15) is 17.2 Å². The Morgan fingerprint density at radius 2 is 1.89 bits per heavy atom. The van der Waals surface area contributed by atoms with Gasteiger partial charge in [-0.2, -0.15) is 0 Å². The lowest BCUT2D eigenvalue weighted by atomic mass is 10.0. The number of halogens is 3. The van der Waals surface area contributed by atoms with E-state index in [0.29, 0.717) is 5.56 Å². The molecule has 1 aromatic heterocycles. The lowest BCUT2D eigenvalue weighted by Crippen LogP contribution is -2.30. The molecule has 0 aliphatic carbocycles. The van der Waals surface area contributed by atoms with E-state index in [2.05, 4.69) is 10.4 Å². The first-order valence-corrected chi connectivity index (χ1v) is 5.60. The summed E-state index contributed by atoms with van der Waals surface area (Å²) in [4.78, 5) is 3.70. The van der Waals surface area contributed by atoms with Gasteiger partial charge in [0.05, 0.1) is 12.2 Å². The van der Waals surface area contributed by atoms with E-state index in [1.165, 1.54) is 12.3 Å². The van der Waals surface area contributed by atoms with Crippen LogP contribution < -0.4 is 11.3 Å². The molecule has 100 valence electrons. The summed E-state index contributed by atoms with van der Waals surface area (Å²) in [5.41, 5.74) is 3.07. The van der Waals surface area contributed by atoms with E-state index >= 15 is 0 Å². The van der Waals surface area contributed by atoms with Gasteiger partial charge in [0.25, 0.3) is 0 Å². The highest BCUT2D eigenvalue weighted by molar-refractivity contribution is 5.23. The molecular weight excluding hydrogens is 255 g/mol. The zero-order chi connectivity index (χ0) is 13.8. The van der Waals surface area contributed by atoms with Crippen LogP contribution >= 0.6 is 0 Å². The van der Waals surface area contributed by atoms with E-state index < -0.39 is 23.5 Å². The molecule has 0 bridgehead atoms. The summed E-state index contributed by atoms with van der Waals surface area (Å²) < 4.78 is 39.7. The van der Waals surface area contributed by atoms with Crippen molar-refractivity contribution in [2.45, 2.75) is 12.5 Å². The van der Waals surface area contributed by atoms with Gasteiger partial charge in [-0.25, -0.2) is 13.2 Å². The maximum atomic E-state index is 13.5. The van der Waals surface area contributed by atoms with Crippen LogP contribution in [-0.4, -0.2) is 4.98 Å². The van der Waals surface area contributed by atoms with Gasteiger partial charge in [-0.3, -0.25) is 16.3 Å². The first-order valence-electron chi connectivity index (χ1n) is 5.60. The summed E-state index contributed by atoms with van der Waals surface area (Å²) in [5, 5.41) is 0. The molecule has 6 heteroatoms. The largest absolute Gasteiger partial charge is 0.271 e. The molecule has 1 atom stereocenters. The van der Waals surface area contributed by atoms with Crippen molar-refractivity contribution in [3.05, 3.63) is 65.2 Å². The van der Waals surface area contributed by atoms with E-state index in [4.69, 9.17) is 5.84 Å². The third kappa shape index (κ3) is 3.30. The third-order valence-corrected chi connectivity index (χ3v) is 2.76. The molecule has 0 fully saturated rings. The number of rotatable bonds is 4. The zero-order valence-corrected chi connectivity index (χ0v) is 9.91. The Balaban J connectivity index is 2.26. The zero-order valence-electron chi connectivity index (χ0n) is 9.91. The Morgan fingerprint density at radius 1 is 1.11 bits per heavy atom. The van der Waals surface area contributed by atoms with E-state index in [0.717, 1.165) is 24.4 Å². The van der Waals surface area contributed by atoms with Gasteiger partial charge in [0, 0.05) is 6.20 Å². The number of pyridine rings is 1. The predicted octanol–water partition coefficient (Wildman–Crippen LogP) is 2.25. The molecular formula is C13H12F3N3. The van der Waals surface area contributed by atoms with E-state index in [1.54, 1.807) is 0 Å². The Labute approximate surface area is 108 Å². The molecule has 0 amide bonds. The van der Waals surface area contributed by atoms with Gasteiger partial charge in [0.1, 0.15) is 17.5 Å². The van der Waals surface area contributed by atoms with Crippen molar-refractivity contribution in [2.24, 2.45) is 5.84 Å². The van der Waals surface area contributed by atoms with Crippen LogP contribution in [0.5, 0.6) is 0 Å². The molecule has 0 aliphatic heterocycles. The van der Waals surface area contributed by atoms with Crippen LogP contribution in [0.3, 0.4) is 0 Å². The summed E-state index contributed by atoms with van der Waals surface area (Å²) in [5.74, 6) is 3.78. The fraction of sp³-hybridized carbons (Fsp3) is 0.154. The van der Waals surface area contributed by atoms with Crippen molar-refractivity contribution in [3.63, 3.8) is 0 Å². The highest BCUT2D eigenvalue weighted by Crippen LogP contribution is 2.20. The summed E-state index contributed by atoms with van der Waals surface area (Å²) in [7, 11) is 0. The lowest BCUT2D eigenvalue weighted by Gasteiger charge is -2.16. The van der Waals surface area contributed by atoms with Gasteiger partial charge >= 0.3 is 0 Å². The normalized spacial score (nSPS) is 12.4. The van der Waals surface area contributed by atoms with Crippen molar-refractivity contribution in [3.8, 4) is 0 Å². The monoisotopic (exact) mass is 267 g/mol. The molecule has 0 saturated carbocycles. The number of benzene rings is 1. The Bertz CT molecular complexity index is 575. The molecule has 0 spiro atoms. The van der Waals surface area contributed by atoms with Crippen LogP contribution in [0.2, 0.25) is 0 Å². The number of nitrogens with one attached hydrogen (secondary N) is 1. The van der Waals surface area contributed by atoms with Gasteiger partial charge in [-0.1, -0.05) is 0 Å². The number of hydrogen-bond acceptors (Lipinski definition) is 3. The first kappa shape index (κ1) is 13.5. The fourth-order valence-electron chi connectivity index (χ4n) is 1.81. The van der Waals surface area contributed by atoms with E-state index in [-0.39, 0.29) is 12.0 Å². The number of nitrogens with two attached hydrogens (primary N) is 1. The van der Waals surface area contributed by atoms with Gasteiger partial charge < -0.3 is 0 Å². The summed E-state index contributed by atoms with van der Waals surface area (Å²) in [6, 6.07) is 3.86. The molecule has 1 heterocycles. The van der Waals surface area contributed by atoms with Crippen molar-refractivity contribution in [2.75, 3.05) is 0 Å². The summed E-state index contributed by atoms with van der Waals surface area (Å²) in [6.07, 6.45) is 2.57. The van der Waals surface area contributed by atoms with E-state index in [9.17, 15) is 13.2 Å². The fourth-order valence-corrected chi connectivity index (χ4v) is 1.81. The average Bonchev–Trinajstić information content (AvgIpc) is 2.39. The molecule has 0 radical (unpaired) electrons. The van der Waals surface area contributed by atoms with Crippen molar-refractivity contribution in [1.82, 2.24) is 10.4 Å². The van der Waals surface area contributed by atoms with Crippen LogP contribution in [0.4, 0.5) is 13.2 Å². The van der Waals surface area contributed by atoms with Crippen molar-refractivity contribution in [1.29, 1.82) is 0 Å². The minimum Gasteiger partial charge on any atom is -0.271 e. The molecule has 2 aromatic rings. The minimum atomic E-state index is -0.556. The summed E-state index contributed by atoms with van der Waals surface area (Å²) in [6.45, 7) is 0. The summed E-state index contributed by atoms with van der Waals surface area (Å²) >= 11 is 0. The number of hydrazine groups is 1. The Morgan fingerprint density at radius 3 is 2.58 bits per heavy atom. The maximum absolute atomic E-state index is 13.5. The maximum Gasteiger partial charge on any atom is 0.141 e. The van der Waals surface area contributed by atoms with Gasteiger partial charge in [-0.05, 0) is 41.8 Å².